The summed E-state index contributed by atoms with van der Waals surface area (Å²) in [5.41, 5.74) is 3.91. The molecule has 0 amide bonds. The summed E-state index contributed by atoms with van der Waals surface area (Å²) in [5, 5.41) is 18.8. The van der Waals surface area contributed by atoms with Gasteiger partial charge in [-0.1, -0.05) is 49.4 Å². The number of benzene rings is 2. The molecule has 0 saturated carbocycles. The van der Waals surface area contributed by atoms with Crippen LogP contribution in [0.2, 0.25) is 0 Å². The number of nitriles is 1. The quantitative estimate of drug-likeness (QED) is 0.668. The molecule has 0 saturated heterocycles. The second-order valence-electron chi connectivity index (χ2n) is 7.34. The van der Waals surface area contributed by atoms with Gasteiger partial charge in [0.05, 0.1) is 23.8 Å². The topological polar surface area (TPSA) is 73.6 Å². The maximum Gasteiger partial charge on any atom is 0.306 e. The first-order valence-corrected chi connectivity index (χ1v) is 9.73. The Morgan fingerprint density at radius 3 is 2.79 bits per heavy atom. The normalized spacial score (nSPS) is 16.4. The van der Waals surface area contributed by atoms with Gasteiger partial charge in [0, 0.05) is 19.2 Å². The van der Waals surface area contributed by atoms with E-state index in [4.69, 9.17) is 4.74 Å². The number of carbonyl (C=O) groups is 1. The summed E-state index contributed by atoms with van der Waals surface area (Å²) in [5.74, 6) is -1.19. The average Bonchev–Trinajstić information content (AvgIpc) is 3.05. The molecule has 1 heterocycles. The molecule has 2 aromatic carbocycles. The fraction of sp³-hybridized carbons (Fsp3) is 0.391. The van der Waals surface area contributed by atoms with E-state index in [2.05, 4.69) is 11.0 Å². The van der Waals surface area contributed by atoms with Crippen LogP contribution in [0.5, 0.6) is 0 Å². The lowest BCUT2D eigenvalue weighted by Gasteiger charge is -2.29. The molecule has 3 rings (SSSR count). The summed E-state index contributed by atoms with van der Waals surface area (Å²) in [4.78, 5) is 13.6. The van der Waals surface area contributed by atoms with E-state index < -0.39 is 11.9 Å². The number of nitrogens with zero attached hydrogens (tertiary/aromatic N) is 2. The number of rotatable bonds is 9. The molecular weight excluding hydrogens is 352 g/mol. The van der Waals surface area contributed by atoms with Gasteiger partial charge in [-0.05, 0) is 36.5 Å². The first kappa shape index (κ1) is 19.9. The van der Waals surface area contributed by atoms with Crippen molar-refractivity contribution in [1.29, 1.82) is 5.26 Å². The van der Waals surface area contributed by atoms with E-state index in [0.29, 0.717) is 25.2 Å². The number of hydrogen-bond acceptors (Lipinski definition) is 4. The van der Waals surface area contributed by atoms with Crippen molar-refractivity contribution in [1.82, 2.24) is 0 Å². The Morgan fingerprint density at radius 1 is 1.29 bits per heavy atom. The first-order chi connectivity index (χ1) is 13.6. The monoisotopic (exact) mass is 378 g/mol. The molecule has 28 heavy (non-hydrogen) atoms. The number of ether oxygens (including phenoxy) is 1. The van der Waals surface area contributed by atoms with E-state index >= 15 is 0 Å². The van der Waals surface area contributed by atoms with Crippen LogP contribution in [0.3, 0.4) is 0 Å². The Kier molecular flexibility index (Phi) is 6.67. The average molecular weight is 378 g/mol. The van der Waals surface area contributed by atoms with Crippen LogP contribution >= 0.6 is 0 Å². The standard InChI is InChI=1S/C23H26N2O3/c1-17(23(26)27)13-21-14-19-9-5-10-20(15-24)22(19)25(21)11-6-12-28-16-18-7-3-2-4-8-18/h2-5,7-10,17,21H,6,11-14,16H2,1H3,(H,26,27)/t17?,21-/m1/s1. The van der Waals surface area contributed by atoms with Crippen molar-refractivity contribution in [2.45, 2.75) is 38.8 Å². The molecule has 0 aromatic heterocycles. The molecule has 2 atom stereocenters. The van der Waals surface area contributed by atoms with Crippen LogP contribution in [0.1, 0.15) is 36.5 Å². The molecule has 0 aliphatic carbocycles. The smallest absolute Gasteiger partial charge is 0.306 e. The molecule has 146 valence electrons. The highest BCUT2D eigenvalue weighted by Gasteiger charge is 2.33. The van der Waals surface area contributed by atoms with Crippen molar-refractivity contribution in [3.63, 3.8) is 0 Å². The molecule has 2 aromatic rings. The van der Waals surface area contributed by atoms with Crippen molar-refractivity contribution in [3.8, 4) is 6.07 Å². The maximum atomic E-state index is 11.3. The molecule has 0 radical (unpaired) electrons. The predicted octanol–water partition coefficient (Wildman–Crippen LogP) is 4.01. The van der Waals surface area contributed by atoms with Crippen molar-refractivity contribution in [2.24, 2.45) is 5.92 Å². The lowest BCUT2D eigenvalue weighted by atomic mass is 9.98. The zero-order valence-electron chi connectivity index (χ0n) is 16.2. The van der Waals surface area contributed by atoms with E-state index in [-0.39, 0.29) is 6.04 Å². The SMILES string of the molecule is CC(C[C@@H]1Cc2cccc(C#N)c2N1CCCOCc1ccccc1)C(=O)O. The van der Waals surface area contributed by atoms with E-state index in [1.165, 1.54) is 0 Å². The van der Waals surface area contributed by atoms with Gasteiger partial charge >= 0.3 is 5.97 Å². The molecule has 1 unspecified atom stereocenters. The van der Waals surface area contributed by atoms with Crippen molar-refractivity contribution in [3.05, 3.63) is 65.2 Å². The largest absolute Gasteiger partial charge is 0.481 e. The van der Waals surface area contributed by atoms with Crippen LogP contribution in [0.15, 0.2) is 48.5 Å². The van der Waals surface area contributed by atoms with Gasteiger partial charge in [0.25, 0.3) is 0 Å². The van der Waals surface area contributed by atoms with Gasteiger partial charge in [0.1, 0.15) is 6.07 Å². The zero-order valence-corrected chi connectivity index (χ0v) is 16.2. The zero-order chi connectivity index (χ0) is 19.9. The third kappa shape index (κ3) is 4.71. The van der Waals surface area contributed by atoms with Crippen molar-refractivity contribution in [2.75, 3.05) is 18.1 Å². The third-order valence-corrected chi connectivity index (χ3v) is 5.27. The minimum absolute atomic E-state index is 0.102. The fourth-order valence-electron chi connectivity index (χ4n) is 3.85. The third-order valence-electron chi connectivity index (χ3n) is 5.27. The second-order valence-corrected chi connectivity index (χ2v) is 7.34. The second kappa shape index (κ2) is 9.38. The molecule has 0 fully saturated rings. The minimum Gasteiger partial charge on any atom is -0.481 e. The lowest BCUT2D eigenvalue weighted by Crippen LogP contribution is -2.36. The van der Waals surface area contributed by atoms with Crippen LogP contribution < -0.4 is 4.90 Å². The molecule has 5 nitrogen and oxygen atoms in total. The number of hydrogen-bond donors (Lipinski definition) is 1. The number of carboxylic acid groups (broad SMARTS) is 1. The van der Waals surface area contributed by atoms with Crippen LogP contribution in [0.25, 0.3) is 0 Å². The van der Waals surface area contributed by atoms with Gasteiger partial charge in [-0.25, -0.2) is 0 Å². The summed E-state index contributed by atoms with van der Waals surface area (Å²) in [6.07, 6.45) is 2.18. The highest BCUT2D eigenvalue weighted by molar-refractivity contribution is 5.71. The minimum atomic E-state index is -0.775. The summed E-state index contributed by atoms with van der Waals surface area (Å²) in [6.45, 7) is 3.70. The molecule has 0 spiro atoms. The van der Waals surface area contributed by atoms with E-state index in [9.17, 15) is 15.2 Å². The number of anilines is 1. The summed E-state index contributed by atoms with van der Waals surface area (Å²) >= 11 is 0. The van der Waals surface area contributed by atoms with E-state index in [1.54, 1.807) is 6.92 Å². The Hall–Kier alpha value is -2.84. The fourth-order valence-corrected chi connectivity index (χ4v) is 3.85. The van der Waals surface area contributed by atoms with Crippen molar-refractivity contribution >= 4 is 11.7 Å². The van der Waals surface area contributed by atoms with Crippen LogP contribution in [-0.2, 0) is 22.6 Å². The van der Waals surface area contributed by atoms with Crippen molar-refractivity contribution < 1.29 is 14.6 Å². The van der Waals surface area contributed by atoms with E-state index in [1.807, 2.05) is 48.5 Å². The van der Waals surface area contributed by atoms with Gasteiger partial charge in [0.15, 0.2) is 0 Å². The highest BCUT2D eigenvalue weighted by atomic mass is 16.5. The van der Waals surface area contributed by atoms with Crippen LogP contribution in [-0.4, -0.2) is 30.3 Å². The number of fused-ring (bicyclic) bond motifs is 1. The molecular formula is C23H26N2O3. The van der Waals surface area contributed by atoms with Crippen LogP contribution in [0, 0.1) is 17.2 Å². The van der Waals surface area contributed by atoms with Gasteiger partial charge in [-0.15, -0.1) is 0 Å². The number of aliphatic carboxylic acids is 1. The van der Waals surface area contributed by atoms with Crippen LogP contribution in [0.4, 0.5) is 5.69 Å². The Morgan fingerprint density at radius 2 is 2.07 bits per heavy atom. The summed E-state index contributed by atoms with van der Waals surface area (Å²) in [6, 6.07) is 18.2. The Bertz CT molecular complexity index is 845. The summed E-state index contributed by atoms with van der Waals surface area (Å²) < 4.78 is 5.79. The maximum absolute atomic E-state index is 11.3. The molecule has 5 heteroatoms. The first-order valence-electron chi connectivity index (χ1n) is 9.73. The van der Waals surface area contributed by atoms with Gasteiger partial charge in [-0.3, -0.25) is 4.79 Å². The summed E-state index contributed by atoms with van der Waals surface area (Å²) in [7, 11) is 0. The van der Waals surface area contributed by atoms with Gasteiger partial charge < -0.3 is 14.7 Å². The van der Waals surface area contributed by atoms with Gasteiger partial charge in [0.2, 0.25) is 0 Å². The molecule has 1 aliphatic heterocycles. The van der Waals surface area contributed by atoms with E-state index in [0.717, 1.165) is 36.2 Å². The van der Waals surface area contributed by atoms with Gasteiger partial charge in [-0.2, -0.15) is 5.26 Å². The Balaban J connectivity index is 1.63. The predicted molar refractivity (Wildman–Crippen MR) is 108 cm³/mol. The highest BCUT2D eigenvalue weighted by Crippen LogP contribution is 2.37. The molecule has 1 aliphatic rings. The molecule has 0 bridgehead atoms. The molecule has 1 N–H and O–H groups in total. The number of para-hydroxylation sites is 1. The number of carboxylic acids is 1. The Labute approximate surface area is 166 Å². The lowest BCUT2D eigenvalue weighted by molar-refractivity contribution is -0.141.